The Morgan fingerprint density at radius 2 is 0.922 bits per heavy atom. The van der Waals surface area contributed by atoms with Gasteiger partial charge in [0.1, 0.15) is 63.0 Å². The normalized spacial score (nSPS) is 19.0. The van der Waals surface area contributed by atoms with Crippen LogP contribution < -0.4 is 0 Å². The summed E-state index contributed by atoms with van der Waals surface area (Å²) in [6.45, 7) is 19.1. The van der Waals surface area contributed by atoms with E-state index in [1.54, 1.807) is 32.6 Å². The molecular formula is C71H101N3O28. The smallest absolute Gasteiger partial charge is 0.319 e. The van der Waals surface area contributed by atoms with Crippen molar-refractivity contribution in [2.24, 2.45) is 52.3 Å². The predicted octanol–water partition coefficient (Wildman–Crippen LogP) is 4.49. The lowest BCUT2D eigenvalue weighted by molar-refractivity contribution is -0.180. The maximum Gasteiger partial charge on any atom is 0.319 e. The summed E-state index contributed by atoms with van der Waals surface area (Å²) < 4.78 is 40.7. The number of carboxylic acids is 2. The number of likely N-dealkylation sites (tertiary alicyclic amines) is 3. The average Bonchev–Trinajstić information content (AvgIpc) is 1.05. The van der Waals surface area contributed by atoms with Gasteiger partial charge < -0.3 is 62.8 Å². The van der Waals surface area contributed by atoms with Crippen LogP contribution in [0.5, 0.6) is 0 Å². The first-order valence-corrected chi connectivity index (χ1v) is 34.4. The van der Waals surface area contributed by atoms with Crippen LogP contribution in [-0.4, -0.2) is 215 Å². The molecule has 4 aliphatic rings. The molecule has 31 heteroatoms. The Kier molecular flexibility index (Phi) is 37.9. The molecule has 0 aromatic carbocycles. The number of hydrogen-bond acceptors (Lipinski definition) is 26. The molecule has 0 radical (unpaired) electrons. The number of aliphatic carboxylic acids is 2. The molecule has 0 spiro atoms. The lowest BCUT2D eigenvalue weighted by Crippen LogP contribution is -2.55. The van der Waals surface area contributed by atoms with Gasteiger partial charge in [0.2, 0.25) is 17.7 Å². The summed E-state index contributed by atoms with van der Waals surface area (Å²) >= 11 is 0. The molecule has 0 aromatic heterocycles. The summed E-state index contributed by atoms with van der Waals surface area (Å²) in [5, 5.41) is 20.6. The molecule has 568 valence electrons. The maximum atomic E-state index is 13.5. The van der Waals surface area contributed by atoms with E-state index in [0.717, 1.165) is 12.5 Å². The van der Waals surface area contributed by atoms with Gasteiger partial charge in [0.25, 0.3) is 0 Å². The van der Waals surface area contributed by atoms with E-state index >= 15 is 0 Å². The maximum absolute atomic E-state index is 13.5. The molecule has 102 heavy (non-hydrogen) atoms. The Morgan fingerprint density at radius 3 is 1.25 bits per heavy atom. The molecule has 12 atom stereocenters. The summed E-state index contributed by atoms with van der Waals surface area (Å²) in [5.74, 6) is -17.9. The minimum atomic E-state index is -1.72. The van der Waals surface area contributed by atoms with Crippen LogP contribution in [0.4, 0.5) is 0 Å². The Hall–Kier alpha value is -9.24. The van der Waals surface area contributed by atoms with Crippen LogP contribution in [0, 0.1) is 64.6 Å². The van der Waals surface area contributed by atoms with E-state index in [4.69, 9.17) is 44.3 Å². The van der Waals surface area contributed by atoms with Gasteiger partial charge in [0.15, 0.2) is 12.4 Å². The number of cyclic esters (lactones) is 2. The van der Waals surface area contributed by atoms with Crippen molar-refractivity contribution in [3.63, 3.8) is 0 Å². The van der Waals surface area contributed by atoms with Gasteiger partial charge in [0.05, 0.1) is 59.6 Å². The quantitative estimate of drug-likeness (QED) is 0.0212. The molecule has 4 saturated heterocycles. The molecule has 4 heterocycles. The first-order valence-electron chi connectivity index (χ1n) is 34.4. The van der Waals surface area contributed by atoms with E-state index < -0.39 is 168 Å². The van der Waals surface area contributed by atoms with Gasteiger partial charge in [-0.3, -0.25) is 86.3 Å². The van der Waals surface area contributed by atoms with Crippen LogP contribution >= 0.6 is 0 Å². The number of amides is 3. The van der Waals surface area contributed by atoms with E-state index in [1.807, 2.05) is 13.8 Å². The second-order valence-electron chi connectivity index (χ2n) is 25.6. The van der Waals surface area contributed by atoms with Crippen LogP contribution in [0.3, 0.4) is 0 Å². The van der Waals surface area contributed by atoms with E-state index in [2.05, 4.69) is 12.5 Å². The van der Waals surface area contributed by atoms with Crippen LogP contribution in [0.15, 0.2) is 12.7 Å². The molecule has 12 unspecified atom stereocenters. The highest BCUT2D eigenvalue weighted by molar-refractivity contribution is 5.99. The first-order chi connectivity index (χ1) is 48.1. The van der Waals surface area contributed by atoms with Crippen molar-refractivity contribution < 1.29 is 134 Å². The van der Waals surface area contributed by atoms with E-state index in [0.29, 0.717) is 51.7 Å². The largest absolute Gasteiger partial charge is 0.481 e. The van der Waals surface area contributed by atoms with Gasteiger partial charge in [-0.05, 0) is 98.5 Å². The number of esters is 9. The minimum Gasteiger partial charge on any atom is -0.481 e. The van der Waals surface area contributed by atoms with Gasteiger partial charge in [-0.1, -0.05) is 54.0 Å². The predicted molar refractivity (Wildman–Crippen MR) is 354 cm³/mol. The second kappa shape index (κ2) is 43.5. The monoisotopic (exact) mass is 1440 g/mol. The number of carbonyl (C=O) groups is 18. The Labute approximate surface area is 593 Å². The van der Waals surface area contributed by atoms with Crippen molar-refractivity contribution >= 4 is 107 Å². The number of hydrogen-bond donors (Lipinski definition) is 2. The topological polar surface area (TPSA) is 431 Å². The highest BCUT2D eigenvalue weighted by Gasteiger charge is 2.58. The highest BCUT2D eigenvalue weighted by atomic mass is 16.6. The number of terminal acetylenes is 1. The summed E-state index contributed by atoms with van der Waals surface area (Å²) in [5.41, 5.74) is -3.39. The standard InChI is InChI=1S/C27H39NO11.C25H35NO10.C19H27NO7/c1-6-18(30)11-13-38-25(35)23(22(24(33)34)19(7-2)28-12-9-10-20(28)31)27(5,8-3)26(36)39-15-14-37-21(32)16-17(4)29;1-6-12-35-23(32)21(20(22(30)31)17(7-2)26-11-9-10-18(26)28)25(5,8-3)24(33)36-14-13-34-19(29)15-16(4)27;1-4-12(10-26-15(23)9-11(3)21)16-17(19(25)27-18(16)24)13(5-2)20-8-6-7-14(20)22/h6,19,22-23H,1,7-16H2,2-5H3,(H,33,34);1,17,20-21H,7-15H2,2-5H3,(H,30,31);12-13,16-17H,4-10H2,1-3H3. The third-order valence-corrected chi connectivity index (χ3v) is 18.7. The number of carboxylic acid groups (broad SMARTS) is 2. The van der Waals surface area contributed by atoms with Crippen LogP contribution in [0.25, 0.3) is 0 Å². The number of Topliss-reactive ketones (excluding diaryl/α,β-unsaturated/α-hetero) is 3. The van der Waals surface area contributed by atoms with Crippen molar-refractivity contribution in [2.45, 2.75) is 197 Å². The molecule has 3 amide bonds. The molecule has 4 fully saturated rings. The lowest BCUT2D eigenvalue weighted by Gasteiger charge is -2.41. The van der Waals surface area contributed by atoms with E-state index in [1.165, 1.54) is 44.4 Å². The molecule has 0 saturated carbocycles. The van der Waals surface area contributed by atoms with Gasteiger partial charge >= 0.3 is 65.7 Å². The van der Waals surface area contributed by atoms with Gasteiger partial charge in [-0.2, -0.15) is 0 Å². The van der Waals surface area contributed by atoms with Crippen molar-refractivity contribution in [1.29, 1.82) is 0 Å². The molecule has 0 aromatic rings. The third-order valence-electron chi connectivity index (χ3n) is 18.7. The summed E-state index contributed by atoms with van der Waals surface area (Å²) in [4.78, 5) is 224. The molecule has 2 N–H and O–H groups in total. The fraction of sp³-hybridized carbons (Fsp3) is 0.690. The van der Waals surface area contributed by atoms with Gasteiger partial charge in [0, 0.05) is 69.4 Å². The molecule has 4 aliphatic heterocycles. The van der Waals surface area contributed by atoms with Crippen molar-refractivity contribution in [1.82, 2.24) is 14.7 Å². The van der Waals surface area contributed by atoms with E-state index in [9.17, 15) is 96.5 Å². The van der Waals surface area contributed by atoms with Gasteiger partial charge in [-0.25, -0.2) is 0 Å². The molecular weight excluding hydrogens is 1340 g/mol. The number of ketones is 4. The van der Waals surface area contributed by atoms with Crippen LogP contribution in [0.2, 0.25) is 0 Å². The fourth-order valence-electron chi connectivity index (χ4n) is 13.1. The third kappa shape index (κ3) is 25.4. The highest BCUT2D eigenvalue weighted by Crippen LogP contribution is 2.45. The zero-order valence-corrected chi connectivity index (χ0v) is 60.4. The average molecular weight is 1440 g/mol. The lowest BCUT2D eigenvalue weighted by atomic mass is 9.66. The molecule has 31 nitrogen and oxygen atoms in total. The first kappa shape index (κ1) is 88.8. The van der Waals surface area contributed by atoms with Crippen molar-refractivity contribution in [2.75, 3.05) is 65.9 Å². The SMILES string of the molecule is C#CCOC(=O)C(C(C(=O)O)C(CC)N1CCCC1=O)C(C)(CC)C(=O)OCCOC(=O)CC(C)=O.C=CC(=O)CCOC(=O)C(C(C(=O)O)C(CC)N1CCCC1=O)C(C)(CC)C(=O)OCCOC(=O)CC(C)=O.CCC(COC(=O)CC(C)=O)C1C(=O)OC(=O)C1C(CC)N1CCCC1=O. The Balaban J connectivity index is 0.000000528. The Bertz CT molecular complexity index is 3120. The second-order valence-corrected chi connectivity index (χ2v) is 25.6. The molecule has 0 bridgehead atoms. The minimum absolute atomic E-state index is 0.0000610. The van der Waals surface area contributed by atoms with Crippen molar-refractivity contribution in [3.05, 3.63) is 12.7 Å². The number of carbonyl (C=O) groups excluding carboxylic acids is 16. The van der Waals surface area contributed by atoms with Crippen LogP contribution in [0.1, 0.15) is 179 Å². The van der Waals surface area contributed by atoms with Crippen LogP contribution in [-0.2, 0) is 124 Å². The zero-order chi connectivity index (χ0) is 77.4. The fourth-order valence-corrected chi connectivity index (χ4v) is 13.1. The molecule has 0 aliphatic carbocycles. The number of ether oxygens (including phenoxy) is 8. The summed E-state index contributed by atoms with van der Waals surface area (Å²) in [6, 6.07) is -2.19. The summed E-state index contributed by atoms with van der Waals surface area (Å²) in [6.07, 6.45) is 9.09. The van der Waals surface area contributed by atoms with Crippen molar-refractivity contribution in [3.8, 4) is 12.3 Å². The number of nitrogens with zero attached hydrogens (tertiary/aromatic N) is 3. The Morgan fingerprint density at radius 1 is 0.539 bits per heavy atom. The number of allylic oxidation sites excluding steroid dienone is 1. The summed E-state index contributed by atoms with van der Waals surface area (Å²) in [7, 11) is 0. The zero-order valence-electron chi connectivity index (χ0n) is 60.4. The number of rotatable bonds is 42. The van der Waals surface area contributed by atoms with E-state index in [-0.39, 0.29) is 119 Å². The van der Waals surface area contributed by atoms with Gasteiger partial charge in [-0.15, -0.1) is 6.42 Å². The molecule has 4 rings (SSSR count).